The zero-order valence-corrected chi connectivity index (χ0v) is 14.1. The van der Waals surface area contributed by atoms with Crippen molar-refractivity contribution in [2.75, 3.05) is 0 Å². The first-order chi connectivity index (χ1) is 12.8. The second-order valence-corrected chi connectivity index (χ2v) is 5.85. The van der Waals surface area contributed by atoms with Gasteiger partial charge in [-0.05, 0) is 5.46 Å². The summed E-state index contributed by atoms with van der Waals surface area (Å²) in [7, 11) is -0.0663. The Balaban J connectivity index is 1.94. The summed E-state index contributed by atoms with van der Waals surface area (Å²) in [6.45, 7) is 0. The average molecular weight is 337 g/mol. The molecule has 0 saturated carbocycles. The molecule has 4 aromatic rings. The largest absolute Gasteiger partial charge is 0.449 e. The molecule has 1 N–H and O–H groups in total. The van der Waals surface area contributed by atoms with E-state index in [1.54, 1.807) is 0 Å². The number of hydrogen-bond acceptors (Lipinski definition) is 4. The molecular formula is C21H16BN3O. The van der Waals surface area contributed by atoms with E-state index in [4.69, 9.17) is 0 Å². The Hall–Kier alpha value is -3.31. The molecule has 1 heterocycles. The van der Waals surface area contributed by atoms with Crippen LogP contribution in [0.2, 0.25) is 0 Å². The summed E-state index contributed by atoms with van der Waals surface area (Å²) in [5.41, 5.74) is 3.45. The Kier molecular flexibility index (Phi) is 4.54. The van der Waals surface area contributed by atoms with E-state index in [2.05, 4.69) is 15.0 Å². The predicted octanol–water partition coefficient (Wildman–Crippen LogP) is 2.84. The molecule has 3 aromatic carbocycles. The minimum absolute atomic E-state index is 0.0663. The maximum atomic E-state index is 9.68. The van der Waals surface area contributed by atoms with Gasteiger partial charge in [0.2, 0.25) is 0 Å². The molecule has 26 heavy (non-hydrogen) atoms. The summed E-state index contributed by atoms with van der Waals surface area (Å²) in [5.74, 6) is 1.78. The van der Waals surface area contributed by atoms with Crippen molar-refractivity contribution in [3.8, 4) is 34.2 Å². The minimum Gasteiger partial charge on any atom is -0.449 e. The van der Waals surface area contributed by atoms with Crippen molar-refractivity contribution < 1.29 is 5.02 Å². The highest BCUT2D eigenvalue weighted by Gasteiger charge is 2.14. The van der Waals surface area contributed by atoms with Gasteiger partial charge in [-0.15, -0.1) is 0 Å². The molecule has 0 radical (unpaired) electrons. The number of aromatic nitrogens is 3. The van der Waals surface area contributed by atoms with E-state index in [1.165, 1.54) is 0 Å². The molecule has 1 aromatic heterocycles. The Labute approximate surface area is 152 Å². The van der Waals surface area contributed by atoms with Crippen LogP contribution in [-0.4, -0.2) is 27.5 Å². The summed E-state index contributed by atoms with van der Waals surface area (Å²) < 4.78 is 0. The second-order valence-electron chi connectivity index (χ2n) is 5.85. The van der Waals surface area contributed by atoms with Crippen molar-refractivity contribution >= 4 is 12.9 Å². The molecule has 0 aliphatic heterocycles. The molecule has 4 rings (SSSR count). The number of nitrogens with zero attached hydrogens (tertiary/aromatic N) is 3. The average Bonchev–Trinajstić information content (AvgIpc) is 2.74. The molecule has 0 unspecified atom stereocenters. The third-order valence-corrected chi connectivity index (χ3v) is 4.13. The monoisotopic (exact) mass is 337 g/mol. The Morgan fingerprint density at radius 2 is 1.00 bits per heavy atom. The van der Waals surface area contributed by atoms with Crippen LogP contribution in [0.5, 0.6) is 0 Å². The fourth-order valence-corrected chi connectivity index (χ4v) is 2.81. The molecule has 124 valence electrons. The van der Waals surface area contributed by atoms with Gasteiger partial charge in [-0.25, -0.2) is 15.0 Å². The summed E-state index contributed by atoms with van der Waals surface area (Å²) in [4.78, 5) is 14.0. The lowest BCUT2D eigenvalue weighted by Gasteiger charge is -2.10. The number of benzene rings is 3. The van der Waals surface area contributed by atoms with E-state index in [0.717, 1.165) is 22.2 Å². The molecule has 0 atom stereocenters. The molecule has 0 aliphatic carbocycles. The van der Waals surface area contributed by atoms with Gasteiger partial charge < -0.3 is 5.02 Å². The molecule has 5 heteroatoms. The van der Waals surface area contributed by atoms with Gasteiger partial charge in [0.1, 0.15) is 0 Å². The first-order valence-electron chi connectivity index (χ1n) is 8.41. The van der Waals surface area contributed by atoms with Gasteiger partial charge >= 0.3 is 7.48 Å². The second kappa shape index (κ2) is 7.29. The van der Waals surface area contributed by atoms with Crippen LogP contribution in [0, 0.1) is 0 Å². The van der Waals surface area contributed by atoms with Crippen molar-refractivity contribution in [1.82, 2.24) is 15.0 Å². The Morgan fingerprint density at radius 1 is 0.538 bits per heavy atom. The van der Waals surface area contributed by atoms with Gasteiger partial charge in [0.15, 0.2) is 17.5 Å². The normalized spacial score (nSPS) is 10.5. The highest BCUT2D eigenvalue weighted by atomic mass is 16.2. The predicted molar refractivity (Wildman–Crippen MR) is 105 cm³/mol. The SMILES string of the molecule is OBc1ccccc1-c1nc(-c2ccccc2)nc(-c2ccccc2)n1. The lowest BCUT2D eigenvalue weighted by atomic mass is 9.84. The van der Waals surface area contributed by atoms with Gasteiger partial charge in [0.25, 0.3) is 0 Å². The molecule has 0 aliphatic rings. The summed E-state index contributed by atoms with van der Waals surface area (Å²) in [6.07, 6.45) is 0. The smallest absolute Gasteiger partial charge is 0.305 e. The zero-order chi connectivity index (χ0) is 17.8. The Morgan fingerprint density at radius 3 is 1.54 bits per heavy atom. The maximum absolute atomic E-state index is 9.68. The van der Waals surface area contributed by atoms with Crippen LogP contribution < -0.4 is 5.46 Å². The molecule has 0 bridgehead atoms. The van der Waals surface area contributed by atoms with Crippen LogP contribution >= 0.6 is 0 Å². The minimum atomic E-state index is -0.0663. The maximum Gasteiger partial charge on any atom is 0.305 e. The van der Waals surface area contributed by atoms with Crippen molar-refractivity contribution in [3.63, 3.8) is 0 Å². The molecule has 4 nitrogen and oxygen atoms in total. The molecule has 0 fully saturated rings. The fraction of sp³-hybridized carbons (Fsp3) is 0. The van der Waals surface area contributed by atoms with Crippen LogP contribution in [-0.2, 0) is 0 Å². The van der Waals surface area contributed by atoms with E-state index in [0.29, 0.717) is 17.5 Å². The van der Waals surface area contributed by atoms with Crippen molar-refractivity contribution in [1.29, 1.82) is 0 Å². The highest BCUT2D eigenvalue weighted by molar-refractivity contribution is 6.48. The van der Waals surface area contributed by atoms with Gasteiger partial charge in [0, 0.05) is 16.7 Å². The summed E-state index contributed by atoms with van der Waals surface area (Å²) in [6, 6.07) is 27.3. The Bertz CT molecular complexity index is 966. The van der Waals surface area contributed by atoms with Crippen LogP contribution in [0.25, 0.3) is 34.2 Å². The van der Waals surface area contributed by atoms with Crippen molar-refractivity contribution in [2.45, 2.75) is 0 Å². The molecular weight excluding hydrogens is 321 g/mol. The third-order valence-electron chi connectivity index (χ3n) is 4.13. The van der Waals surface area contributed by atoms with Gasteiger partial charge in [-0.3, -0.25) is 0 Å². The highest BCUT2D eigenvalue weighted by Crippen LogP contribution is 2.23. The number of rotatable bonds is 4. The van der Waals surface area contributed by atoms with Crippen molar-refractivity contribution in [2.24, 2.45) is 0 Å². The quantitative estimate of drug-likeness (QED) is 0.582. The van der Waals surface area contributed by atoms with Crippen LogP contribution in [0.4, 0.5) is 0 Å². The van der Waals surface area contributed by atoms with Gasteiger partial charge in [0.05, 0.1) is 0 Å². The van der Waals surface area contributed by atoms with E-state index in [9.17, 15) is 5.02 Å². The molecule has 0 saturated heterocycles. The van der Waals surface area contributed by atoms with E-state index < -0.39 is 0 Å². The molecule has 0 amide bonds. The van der Waals surface area contributed by atoms with Crippen LogP contribution in [0.1, 0.15) is 0 Å². The van der Waals surface area contributed by atoms with Crippen LogP contribution in [0.15, 0.2) is 84.9 Å². The van der Waals surface area contributed by atoms with Crippen molar-refractivity contribution in [3.05, 3.63) is 84.9 Å². The van der Waals surface area contributed by atoms with E-state index >= 15 is 0 Å². The molecule has 0 spiro atoms. The lowest BCUT2D eigenvalue weighted by Crippen LogP contribution is -2.17. The van der Waals surface area contributed by atoms with Gasteiger partial charge in [-0.1, -0.05) is 84.9 Å². The zero-order valence-electron chi connectivity index (χ0n) is 14.1. The van der Waals surface area contributed by atoms with Gasteiger partial charge in [-0.2, -0.15) is 0 Å². The first kappa shape index (κ1) is 16.2. The first-order valence-corrected chi connectivity index (χ1v) is 8.41. The summed E-state index contributed by atoms with van der Waals surface area (Å²) >= 11 is 0. The van der Waals surface area contributed by atoms with E-state index in [1.807, 2.05) is 84.9 Å². The summed E-state index contributed by atoms with van der Waals surface area (Å²) in [5, 5.41) is 9.68. The lowest BCUT2D eigenvalue weighted by molar-refractivity contribution is 0.615. The topological polar surface area (TPSA) is 58.9 Å². The third kappa shape index (κ3) is 3.25. The fourth-order valence-electron chi connectivity index (χ4n) is 2.81. The van der Waals surface area contributed by atoms with Crippen LogP contribution in [0.3, 0.4) is 0 Å². The number of hydrogen-bond donors (Lipinski definition) is 1. The van der Waals surface area contributed by atoms with E-state index in [-0.39, 0.29) is 7.48 Å². The standard InChI is InChI=1S/C21H16BN3O/c26-22-18-14-8-7-13-17(18)21-24-19(15-9-3-1-4-10-15)23-20(25-21)16-11-5-2-6-12-16/h1-14,22,26H.